The quantitative estimate of drug-likeness (QED) is 0.428. The molecule has 2 aromatic carbocycles. The molecule has 4 aromatic rings. The Hall–Kier alpha value is -2.27. The fourth-order valence-corrected chi connectivity index (χ4v) is 4.33. The van der Waals surface area contributed by atoms with E-state index in [1.54, 1.807) is 16.7 Å². The first-order chi connectivity index (χ1) is 12.6. The first-order valence-corrected chi connectivity index (χ1v) is 9.52. The van der Waals surface area contributed by atoms with Gasteiger partial charge in [-0.25, -0.2) is 4.79 Å². The number of carbonyl (C=O) groups is 1. The van der Waals surface area contributed by atoms with E-state index >= 15 is 0 Å². The molecule has 130 valence electrons. The molecule has 3 nitrogen and oxygen atoms in total. The second-order valence-electron chi connectivity index (χ2n) is 5.85. The Bertz CT molecular complexity index is 1120. The third-order valence-corrected chi connectivity index (χ3v) is 5.77. The van der Waals surface area contributed by atoms with Gasteiger partial charge >= 0.3 is 5.97 Å². The summed E-state index contributed by atoms with van der Waals surface area (Å²) in [5, 5.41) is 13.9. The van der Waals surface area contributed by atoms with Crippen molar-refractivity contribution < 1.29 is 9.90 Å². The predicted molar refractivity (Wildman–Crippen MR) is 108 cm³/mol. The lowest BCUT2D eigenvalue weighted by Gasteiger charge is -2.10. The Morgan fingerprint density at radius 3 is 2.58 bits per heavy atom. The van der Waals surface area contributed by atoms with Crippen molar-refractivity contribution >= 4 is 51.4 Å². The number of carboxylic acid groups (broad SMARTS) is 1. The SMILES string of the molecule is O=C(O)c1c(-c2cccs2)c2cc(Cl)ccc2n1Cc1ccccc1Cl. The molecule has 0 aliphatic heterocycles. The first kappa shape index (κ1) is 17.2. The molecule has 2 aromatic heterocycles. The smallest absolute Gasteiger partial charge is 0.353 e. The topological polar surface area (TPSA) is 42.2 Å². The van der Waals surface area contributed by atoms with Crippen LogP contribution >= 0.6 is 34.5 Å². The van der Waals surface area contributed by atoms with Gasteiger partial charge in [-0.05, 0) is 41.3 Å². The molecule has 1 N–H and O–H groups in total. The Morgan fingerprint density at radius 2 is 1.88 bits per heavy atom. The first-order valence-electron chi connectivity index (χ1n) is 7.88. The monoisotopic (exact) mass is 401 g/mol. The van der Waals surface area contributed by atoms with Crippen molar-refractivity contribution in [1.82, 2.24) is 4.57 Å². The average molecular weight is 402 g/mol. The van der Waals surface area contributed by atoms with E-state index in [9.17, 15) is 9.90 Å². The summed E-state index contributed by atoms with van der Waals surface area (Å²) in [6.45, 7) is 0.366. The van der Waals surface area contributed by atoms with Crippen LogP contribution in [0.3, 0.4) is 0 Å². The van der Waals surface area contributed by atoms with Gasteiger partial charge in [-0.15, -0.1) is 11.3 Å². The van der Waals surface area contributed by atoms with E-state index in [-0.39, 0.29) is 5.69 Å². The van der Waals surface area contributed by atoms with Crippen molar-refractivity contribution in [3.63, 3.8) is 0 Å². The van der Waals surface area contributed by atoms with Crippen LogP contribution in [-0.4, -0.2) is 15.6 Å². The molecule has 0 radical (unpaired) electrons. The Kier molecular flexibility index (Phi) is 4.49. The van der Waals surface area contributed by atoms with Gasteiger partial charge in [-0.1, -0.05) is 47.5 Å². The maximum atomic E-state index is 12.2. The molecule has 2 heterocycles. The standard InChI is InChI=1S/C20H13Cl2NO2S/c21-13-7-8-16-14(10-13)18(17-6-3-9-26-17)19(20(24)25)23(16)11-12-4-1-2-5-15(12)22/h1-10H,11H2,(H,24,25). The molecule has 0 unspecified atom stereocenters. The Morgan fingerprint density at radius 1 is 1.08 bits per heavy atom. The summed E-state index contributed by atoms with van der Waals surface area (Å²) < 4.78 is 1.80. The minimum absolute atomic E-state index is 0.240. The summed E-state index contributed by atoms with van der Waals surface area (Å²) in [4.78, 5) is 13.1. The van der Waals surface area contributed by atoms with Gasteiger partial charge in [0.15, 0.2) is 0 Å². The van der Waals surface area contributed by atoms with Gasteiger partial charge in [0.25, 0.3) is 0 Å². The maximum Gasteiger partial charge on any atom is 0.353 e. The molecule has 4 rings (SSSR count). The van der Waals surface area contributed by atoms with E-state index in [2.05, 4.69) is 0 Å². The largest absolute Gasteiger partial charge is 0.477 e. The molecule has 0 fully saturated rings. The predicted octanol–water partition coefficient (Wildman–Crippen LogP) is 6.42. The van der Waals surface area contributed by atoms with E-state index in [1.807, 2.05) is 47.8 Å². The fraction of sp³-hybridized carbons (Fsp3) is 0.0500. The Balaban J connectivity index is 2.04. The van der Waals surface area contributed by atoms with Crippen LogP contribution in [0, 0.1) is 0 Å². The molecule has 0 amide bonds. The Labute approximate surface area is 164 Å². The zero-order valence-corrected chi connectivity index (χ0v) is 15.8. The molecule has 0 saturated heterocycles. The van der Waals surface area contributed by atoms with Gasteiger partial charge < -0.3 is 9.67 Å². The fourth-order valence-electron chi connectivity index (χ4n) is 3.18. The number of rotatable bonds is 4. The molecule has 0 atom stereocenters. The van der Waals surface area contributed by atoms with Crippen molar-refractivity contribution in [3.05, 3.63) is 81.3 Å². The number of aromatic nitrogens is 1. The lowest BCUT2D eigenvalue weighted by molar-refractivity contribution is 0.0687. The van der Waals surface area contributed by atoms with E-state index in [4.69, 9.17) is 23.2 Å². The summed E-state index contributed by atoms with van der Waals surface area (Å²) in [5.74, 6) is -0.979. The van der Waals surface area contributed by atoms with Gasteiger partial charge in [0.05, 0.1) is 0 Å². The van der Waals surface area contributed by atoms with Gasteiger partial charge in [0.1, 0.15) is 5.69 Å². The molecule has 0 saturated carbocycles. The van der Waals surface area contributed by atoms with Crippen molar-refractivity contribution in [3.8, 4) is 10.4 Å². The zero-order chi connectivity index (χ0) is 18.3. The van der Waals surface area contributed by atoms with Crippen LogP contribution in [0.4, 0.5) is 0 Å². The van der Waals surface area contributed by atoms with Crippen LogP contribution in [0.15, 0.2) is 60.0 Å². The number of halogens is 2. The van der Waals surface area contributed by atoms with Crippen LogP contribution < -0.4 is 0 Å². The van der Waals surface area contributed by atoms with E-state index in [0.29, 0.717) is 22.2 Å². The molecule has 0 aliphatic rings. The molecular formula is C20H13Cl2NO2S. The highest BCUT2D eigenvalue weighted by atomic mass is 35.5. The van der Waals surface area contributed by atoms with E-state index < -0.39 is 5.97 Å². The average Bonchev–Trinajstić information content (AvgIpc) is 3.22. The van der Waals surface area contributed by atoms with Crippen LogP contribution in [-0.2, 0) is 6.54 Å². The minimum Gasteiger partial charge on any atom is -0.477 e. The van der Waals surface area contributed by atoms with Crippen molar-refractivity contribution in [1.29, 1.82) is 0 Å². The van der Waals surface area contributed by atoms with Crippen molar-refractivity contribution in [2.45, 2.75) is 6.54 Å². The number of benzene rings is 2. The highest BCUT2D eigenvalue weighted by Gasteiger charge is 2.24. The minimum atomic E-state index is -0.979. The number of aromatic carboxylic acids is 1. The molecule has 0 aliphatic carbocycles. The summed E-state index contributed by atoms with van der Waals surface area (Å²) in [6.07, 6.45) is 0. The van der Waals surface area contributed by atoms with Gasteiger partial charge in [0, 0.05) is 37.9 Å². The number of thiophene rings is 1. The van der Waals surface area contributed by atoms with Gasteiger partial charge in [0.2, 0.25) is 0 Å². The molecular weight excluding hydrogens is 389 g/mol. The van der Waals surface area contributed by atoms with Crippen LogP contribution in [0.25, 0.3) is 21.3 Å². The number of hydrogen-bond acceptors (Lipinski definition) is 2. The number of hydrogen-bond donors (Lipinski definition) is 1. The lowest BCUT2D eigenvalue weighted by Crippen LogP contribution is -2.10. The third-order valence-electron chi connectivity index (χ3n) is 4.28. The van der Waals surface area contributed by atoms with Crippen molar-refractivity contribution in [2.24, 2.45) is 0 Å². The van der Waals surface area contributed by atoms with Gasteiger partial charge in [-0.3, -0.25) is 0 Å². The molecule has 26 heavy (non-hydrogen) atoms. The zero-order valence-electron chi connectivity index (χ0n) is 13.4. The maximum absolute atomic E-state index is 12.2. The van der Waals surface area contributed by atoms with E-state index in [1.165, 1.54) is 11.3 Å². The number of fused-ring (bicyclic) bond motifs is 1. The highest BCUT2D eigenvalue weighted by molar-refractivity contribution is 7.13. The molecule has 0 bridgehead atoms. The number of carboxylic acids is 1. The second-order valence-corrected chi connectivity index (χ2v) is 7.64. The summed E-state index contributed by atoms with van der Waals surface area (Å²) >= 11 is 14.0. The lowest BCUT2D eigenvalue weighted by atomic mass is 10.1. The number of nitrogens with zero attached hydrogens (tertiary/aromatic N) is 1. The molecule has 0 spiro atoms. The van der Waals surface area contributed by atoms with Crippen LogP contribution in [0.2, 0.25) is 10.0 Å². The van der Waals surface area contributed by atoms with E-state index in [0.717, 1.165) is 21.3 Å². The van der Waals surface area contributed by atoms with Crippen LogP contribution in [0.5, 0.6) is 0 Å². The third kappa shape index (κ3) is 2.90. The van der Waals surface area contributed by atoms with Crippen molar-refractivity contribution in [2.75, 3.05) is 0 Å². The second kappa shape index (κ2) is 6.80. The van der Waals surface area contributed by atoms with Gasteiger partial charge in [-0.2, -0.15) is 0 Å². The highest BCUT2D eigenvalue weighted by Crippen LogP contribution is 2.39. The summed E-state index contributed by atoms with van der Waals surface area (Å²) in [7, 11) is 0. The summed E-state index contributed by atoms with van der Waals surface area (Å²) in [6, 6.07) is 16.7. The normalized spacial score (nSPS) is 11.2. The molecule has 6 heteroatoms. The summed E-state index contributed by atoms with van der Waals surface area (Å²) in [5.41, 5.74) is 2.61. The van der Waals surface area contributed by atoms with Crippen LogP contribution in [0.1, 0.15) is 16.1 Å².